The number of benzene rings is 2. The van der Waals surface area contributed by atoms with Gasteiger partial charge in [0.25, 0.3) is 0 Å². The third kappa shape index (κ3) is 3.51. The second-order valence-electron chi connectivity index (χ2n) is 5.33. The smallest absolute Gasteiger partial charge is 0.244 e. The zero-order valence-electron chi connectivity index (χ0n) is 12.9. The van der Waals surface area contributed by atoms with Crippen LogP contribution in [0.5, 0.6) is 5.88 Å². The fourth-order valence-electron chi connectivity index (χ4n) is 2.12. The summed E-state index contributed by atoms with van der Waals surface area (Å²) in [7, 11) is 0. The molecule has 0 fully saturated rings. The lowest BCUT2D eigenvalue weighted by atomic mass is 10.1. The summed E-state index contributed by atoms with van der Waals surface area (Å²) in [5, 5.41) is 8.43. The van der Waals surface area contributed by atoms with Crippen LogP contribution in [0.4, 0.5) is 4.39 Å². The molecule has 0 unspecified atom stereocenters. The molecule has 3 aromatic rings. The van der Waals surface area contributed by atoms with Crippen LogP contribution in [-0.4, -0.2) is 21.3 Å². The lowest BCUT2D eigenvalue weighted by molar-refractivity contribution is 0.232. The molecule has 1 heterocycles. The highest BCUT2D eigenvalue weighted by Gasteiger charge is 2.15. The number of halogens is 1. The van der Waals surface area contributed by atoms with E-state index >= 15 is 0 Å². The fourth-order valence-corrected chi connectivity index (χ4v) is 2.12. The second kappa shape index (κ2) is 6.52. The van der Waals surface area contributed by atoms with E-state index in [9.17, 15) is 4.39 Å². The van der Waals surface area contributed by atoms with Gasteiger partial charge in [0.2, 0.25) is 5.88 Å². The van der Waals surface area contributed by atoms with E-state index in [1.54, 1.807) is 12.1 Å². The SMILES string of the molecule is CC(C)Oc1nc(-c2ccc(F)cc2)nnc1-c1ccccc1. The summed E-state index contributed by atoms with van der Waals surface area (Å²) >= 11 is 0. The molecule has 0 bridgehead atoms. The molecule has 0 aliphatic heterocycles. The van der Waals surface area contributed by atoms with Crippen LogP contribution in [-0.2, 0) is 0 Å². The summed E-state index contributed by atoms with van der Waals surface area (Å²) < 4.78 is 18.9. The van der Waals surface area contributed by atoms with Gasteiger partial charge in [0, 0.05) is 11.1 Å². The molecule has 0 radical (unpaired) electrons. The molecule has 5 heteroatoms. The molecular weight excluding hydrogens is 293 g/mol. The molecule has 23 heavy (non-hydrogen) atoms. The molecule has 4 nitrogen and oxygen atoms in total. The molecule has 0 atom stereocenters. The van der Waals surface area contributed by atoms with Crippen molar-refractivity contribution in [2.75, 3.05) is 0 Å². The van der Waals surface area contributed by atoms with Gasteiger partial charge in [-0.05, 0) is 38.1 Å². The molecule has 1 aromatic heterocycles. The first-order chi connectivity index (χ1) is 11.1. The average molecular weight is 309 g/mol. The summed E-state index contributed by atoms with van der Waals surface area (Å²) in [5.41, 5.74) is 2.16. The van der Waals surface area contributed by atoms with E-state index in [2.05, 4.69) is 15.2 Å². The number of hydrogen-bond donors (Lipinski definition) is 0. The summed E-state index contributed by atoms with van der Waals surface area (Å²) in [6.07, 6.45) is -0.0461. The van der Waals surface area contributed by atoms with Crippen LogP contribution in [0.2, 0.25) is 0 Å². The van der Waals surface area contributed by atoms with Crippen molar-refractivity contribution in [3.8, 4) is 28.5 Å². The van der Waals surface area contributed by atoms with Crippen LogP contribution in [0, 0.1) is 5.82 Å². The molecule has 0 saturated carbocycles. The van der Waals surface area contributed by atoms with Crippen LogP contribution in [0.1, 0.15) is 13.8 Å². The van der Waals surface area contributed by atoms with E-state index in [0.29, 0.717) is 23.0 Å². The van der Waals surface area contributed by atoms with E-state index < -0.39 is 0 Å². The van der Waals surface area contributed by atoms with Gasteiger partial charge in [0.05, 0.1) is 6.10 Å². The monoisotopic (exact) mass is 309 g/mol. The van der Waals surface area contributed by atoms with Gasteiger partial charge >= 0.3 is 0 Å². The summed E-state index contributed by atoms with van der Waals surface area (Å²) in [6.45, 7) is 3.85. The Kier molecular flexibility index (Phi) is 4.28. The molecule has 0 aliphatic rings. The minimum Gasteiger partial charge on any atom is -0.473 e. The van der Waals surface area contributed by atoms with Crippen molar-refractivity contribution in [2.24, 2.45) is 0 Å². The third-order valence-corrected chi connectivity index (χ3v) is 3.15. The molecule has 0 spiro atoms. The van der Waals surface area contributed by atoms with Crippen molar-refractivity contribution >= 4 is 0 Å². The van der Waals surface area contributed by atoms with Crippen molar-refractivity contribution in [1.29, 1.82) is 0 Å². The Morgan fingerprint density at radius 3 is 2.22 bits per heavy atom. The van der Waals surface area contributed by atoms with Gasteiger partial charge in [-0.15, -0.1) is 10.2 Å². The third-order valence-electron chi connectivity index (χ3n) is 3.15. The van der Waals surface area contributed by atoms with E-state index in [1.807, 2.05) is 44.2 Å². The molecular formula is C18H16FN3O. The van der Waals surface area contributed by atoms with Gasteiger partial charge in [-0.2, -0.15) is 4.98 Å². The lowest BCUT2D eigenvalue weighted by Gasteiger charge is -2.13. The van der Waals surface area contributed by atoms with E-state index in [4.69, 9.17) is 4.74 Å². The topological polar surface area (TPSA) is 47.9 Å². The predicted octanol–water partition coefficient (Wildman–Crippen LogP) is 4.13. The van der Waals surface area contributed by atoms with Gasteiger partial charge in [-0.1, -0.05) is 30.3 Å². The minimum atomic E-state index is -0.304. The first-order valence-electron chi connectivity index (χ1n) is 7.36. The van der Waals surface area contributed by atoms with Gasteiger partial charge in [0.15, 0.2) is 11.5 Å². The molecule has 0 saturated heterocycles. The molecule has 0 amide bonds. The van der Waals surface area contributed by atoms with Crippen LogP contribution in [0.25, 0.3) is 22.6 Å². The number of aromatic nitrogens is 3. The van der Waals surface area contributed by atoms with Crippen molar-refractivity contribution in [3.63, 3.8) is 0 Å². The van der Waals surface area contributed by atoms with Crippen LogP contribution in [0.15, 0.2) is 54.6 Å². The highest BCUT2D eigenvalue weighted by atomic mass is 19.1. The first kappa shape index (κ1) is 15.1. The number of rotatable bonds is 4. The molecule has 0 N–H and O–H groups in total. The van der Waals surface area contributed by atoms with Gasteiger partial charge in [-0.3, -0.25) is 0 Å². The maximum atomic E-state index is 13.1. The Morgan fingerprint density at radius 1 is 0.870 bits per heavy atom. The van der Waals surface area contributed by atoms with Gasteiger partial charge < -0.3 is 4.74 Å². The van der Waals surface area contributed by atoms with Crippen LogP contribution < -0.4 is 4.74 Å². The Hall–Kier alpha value is -2.82. The fraction of sp³-hybridized carbons (Fsp3) is 0.167. The number of nitrogens with zero attached hydrogens (tertiary/aromatic N) is 3. The van der Waals surface area contributed by atoms with Crippen molar-refractivity contribution in [2.45, 2.75) is 20.0 Å². The highest BCUT2D eigenvalue weighted by Crippen LogP contribution is 2.28. The maximum absolute atomic E-state index is 13.1. The normalized spacial score (nSPS) is 10.8. The van der Waals surface area contributed by atoms with Gasteiger partial charge in [0.1, 0.15) is 5.82 Å². The molecule has 2 aromatic carbocycles. The van der Waals surface area contributed by atoms with E-state index in [-0.39, 0.29) is 11.9 Å². The largest absolute Gasteiger partial charge is 0.473 e. The Balaban J connectivity index is 2.06. The second-order valence-corrected chi connectivity index (χ2v) is 5.33. The standard InChI is InChI=1S/C18H16FN3O/c1-12(2)23-18-16(13-6-4-3-5-7-13)21-22-17(20-18)14-8-10-15(19)11-9-14/h3-12H,1-2H3. The molecule has 3 rings (SSSR count). The van der Waals surface area contributed by atoms with E-state index in [1.165, 1.54) is 12.1 Å². The summed E-state index contributed by atoms with van der Waals surface area (Å²) in [5.74, 6) is 0.516. The van der Waals surface area contributed by atoms with Crippen molar-refractivity contribution in [1.82, 2.24) is 15.2 Å². The van der Waals surface area contributed by atoms with Crippen LogP contribution >= 0.6 is 0 Å². The quantitative estimate of drug-likeness (QED) is 0.727. The van der Waals surface area contributed by atoms with Crippen molar-refractivity contribution < 1.29 is 9.13 Å². The average Bonchev–Trinajstić information content (AvgIpc) is 2.56. The highest BCUT2D eigenvalue weighted by molar-refractivity contribution is 5.65. The summed E-state index contributed by atoms with van der Waals surface area (Å²) in [6, 6.07) is 15.6. The maximum Gasteiger partial charge on any atom is 0.244 e. The Labute approximate surface area is 134 Å². The zero-order chi connectivity index (χ0) is 16.2. The van der Waals surface area contributed by atoms with Crippen LogP contribution in [0.3, 0.4) is 0 Å². The molecule has 116 valence electrons. The number of ether oxygens (including phenoxy) is 1. The lowest BCUT2D eigenvalue weighted by Crippen LogP contribution is -2.10. The molecule has 0 aliphatic carbocycles. The minimum absolute atomic E-state index is 0.0461. The summed E-state index contributed by atoms with van der Waals surface area (Å²) in [4.78, 5) is 4.47. The van der Waals surface area contributed by atoms with Gasteiger partial charge in [-0.25, -0.2) is 4.39 Å². The van der Waals surface area contributed by atoms with Crippen molar-refractivity contribution in [3.05, 3.63) is 60.4 Å². The Bertz CT molecular complexity index is 789. The zero-order valence-corrected chi connectivity index (χ0v) is 12.9. The Morgan fingerprint density at radius 2 is 1.57 bits per heavy atom. The first-order valence-corrected chi connectivity index (χ1v) is 7.36. The predicted molar refractivity (Wildman–Crippen MR) is 86.4 cm³/mol. The van der Waals surface area contributed by atoms with E-state index in [0.717, 1.165) is 5.56 Å². The number of hydrogen-bond acceptors (Lipinski definition) is 4.